The number of carbonyl (C=O) groups excluding carboxylic acids is 2. The zero-order valence-electron chi connectivity index (χ0n) is 15.5. The van der Waals surface area contributed by atoms with Crippen molar-refractivity contribution in [3.05, 3.63) is 60.0 Å². The molecule has 10 heteroatoms. The van der Waals surface area contributed by atoms with Gasteiger partial charge in [-0.2, -0.15) is 13.2 Å². The van der Waals surface area contributed by atoms with Gasteiger partial charge in [0.2, 0.25) is 5.89 Å². The maximum absolute atomic E-state index is 12.7. The van der Waals surface area contributed by atoms with Crippen molar-refractivity contribution < 1.29 is 31.9 Å². The molecule has 4 rings (SSSR count). The Morgan fingerprint density at radius 3 is 2.60 bits per heavy atom. The van der Waals surface area contributed by atoms with E-state index in [1.807, 2.05) is 0 Å². The Bertz CT molecular complexity index is 1120. The molecule has 154 valence electrons. The standard InChI is InChI=1S/C20H14F3N3O4/c1-26-15-7-6-13(8-16(15)29-10-17(26)27)24-18(28)14-9-30-19(25-14)11-2-4-12(5-3-11)20(21,22)23/h2-9H,10H2,1H3,(H,24,28). The Balaban J connectivity index is 1.49. The quantitative estimate of drug-likeness (QED) is 0.697. The van der Waals surface area contributed by atoms with Crippen molar-refractivity contribution in [1.29, 1.82) is 0 Å². The molecular weight excluding hydrogens is 403 g/mol. The molecule has 0 fully saturated rings. The number of nitrogens with one attached hydrogen (secondary N) is 1. The van der Waals surface area contributed by atoms with Crippen LogP contribution in [0.2, 0.25) is 0 Å². The van der Waals surface area contributed by atoms with Gasteiger partial charge < -0.3 is 19.4 Å². The molecule has 0 aliphatic carbocycles. The van der Waals surface area contributed by atoms with Crippen molar-refractivity contribution in [1.82, 2.24) is 4.98 Å². The summed E-state index contributed by atoms with van der Waals surface area (Å²) >= 11 is 0. The smallest absolute Gasteiger partial charge is 0.416 e. The predicted molar refractivity (Wildman–Crippen MR) is 100 cm³/mol. The van der Waals surface area contributed by atoms with Crippen LogP contribution in [0, 0.1) is 0 Å². The molecule has 0 atom stereocenters. The number of rotatable bonds is 3. The van der Waals surface area contributed by atoms with Crippen LogP contribution >= 0.6 is 0 Å². The van der Waals surface area contributed by atoms with Crippen LogP contribution in [0.3, 0.4) is 0 Å². The SMILES string of the molecule is CN1C(=O)COc2cc(NC(=O)c3coc(-c4ccc(C(F)(F)F)cc4)n3)ccc21. The number of anilines is 2. The lowest BCUT2D eigenvalue weighted by atomic mass is 10.1. The number of likely N-dealkylation sites (N-methyl/N-ethyl adjacent to an activating group) is 1. The number of ether oxygens (including phenoxy) is 1. The first-order valence-corrected chi connectivity index (χ1v) is 8.70. The van der Waals surface area contributed by atoms with Crippen molar-refractivity contribution in [3.8, 4) is 17.2 Å². The van der Waals surface area contributed by atoms with E-state index in [1.54, 1.807) is 25.2 Å². The van der Waals surface area contributed by atoms with Gasteiger partial charge in [-0.15, -0.1) is 0 Å². The largest absolute Gasteiger partial charge is 0.481 e. The van der Waals surface area contributed by atoms with Crippen molar-refractivity contribution in [3.63, 3.8) is 0 Å². The zero-order chi connectivity index (χ0) is 21.5. The Kier molecular flexibility index (Phi) is 4.69. The fourth-order valence-electron chi connectivity index (χ4n) is 2.86. The van der Waals surface area contributed by atoms with Crippen LogP contribution in [0.1, 0.15) is 16.1 Å². The number of benzene rings is 2. The first kappa shape index (κ1) is 19.5. The van der Waals surface area contributed by atoms with Crippen molar-refractivity contribution in [2.24, 2.45) is 0 Å². The highest BCUT2D eigenvalue weighted by Gasteiger charge is 2.30. The van der Waals surface area contributed by atoms with Gasteiger partial charge in [-0.05, 0) is 36.4 Å². The van der Waals surface area contributed by atoms with E-state index in [2.05, 4.69) is 10.3 Å². The summed E-state index contributed by atoms with van der Waals surface area (Å²) in [5.74, 6) is -0.293. The molecule has 2 heterocycles. The van der Waals surface area contributed by atoms with Crippen LogP contribution in [0.15, 0.2) is 53.1 Å². The van der Waals surface area contributed by atoms with Crippen LogP contribution in [-0.2, 0) is 11.0 Å². The average Bonchev–Trinajstić information content (AvgIpc) is 3.21. The van der Waals surface area contributed by atoms with E-state index < -0.39 is 17.6 Å². The lowest BCUT2D eigenvalue weighted by Gasteiger charge is -2.26. The first-order chi connectivity index (χ1) is 14.2. The van der Waals surface area contributed by atoms with Gasteiger partial charge in [-0.3, -0.25) is 9.59 Å². The van der Waals surface area contributed by atoms with Gasteiger partial charge in [0.15, 0.2) is 12.3 Å². The van der Waals surface area contributed by atoms with Gasteiger partial charge >= 0.3 is 6.18 Å². The summed E-state index contributed by atoms with van der Waals surface area (Å²) in [6.45, 7) is -0.0966. The lowest BCUT2D eigenvalue weighted by molar-refractivity contribution is -0.137. The van der Waals surface area contributed by atoms with Crippen LogP contribution in [0.25, 0.3) is 11.5 Å². The summed E-state index contributed by atoms with van der Waals surface area (Å²) in [5, 5.41) is 2.63. The van der Waals surface area contributed by atoms with Crippen molar-refractivity contribution in [2.45, 2.75) is 6.18 Å². The van der Waals surface area contributed by atoms with Gasteiger partial charge in [0.1, 0.15) is 12.0 Å². The van der Waals surface area contributed by atoms with Crippen LogP contribution in [-0.4, -0.2) is 30.5 Å². The maximum Gasteiger partial charge on any atom is 0.416 e. The van der Waals surface area contributed by atoms with Crippen molar-refractivity contribution >= 4 is 23.2 Å². The molecule has 0 spiro atoms. The highest BCUT2D eigenvalue weighted by atomic mass is 19.4. The second-order valence-electron chi connectivity index (χ2n) is 6.49. The summed E-state index contributed by atoms with van der Waals surface area (Å²) in [6.07, 6.45) is -3.33. The molecule has 2 amide bonds. The summed E-state index contributed by atoms with van der Waals surface area (Å²) in [6, 6.07) is 9.07. The minimum Gasteiger partial charge on any atom is -0.481 e. The van der Waals surface area contributed by atoms with E-state index in [9.17, 15) is 22.8 Å². The molecule has 0 saturated heterocycles. The molecule has 0 unspecified atom stereocenters. The number of aromatic nitrogens is 1. The molecule has 1 aliphatic rings. The minimum atomic E-state index is -4.44. The predicted octanol–water partition coefficient (Wildman–Crippen LogP) is 3.97. The van der Waals surface area contributed by atoms with Gasteiger partial charge in [0.25, 0.3) is 11.8 Å². The lowest BCUT2D eigenvalue weighted by Crippen LogP contribution is -2.35. The Hall–Kier alpha value is -3.82. The second-order valence-corrected chi connectivity index (χ2v) is 6.49. The van der Waals surface area contributed by atoms with E-state index >= 15 is 0 Å². The molecule has 1 aliphatic heterocycles. The number of oxazole rings is 1. The number of nitrogens with zero attached hydrogens (tertiary/aromatic N) is 2. The third-order valence-electron chi connectivity index (χ3n) is 4.50. The van der Waals surface area contributed by atoms with Gasteiger partial charge in [0, 0.05) is 24.4 Å². The second kappa shape index (κ2) is 7.21. The summed E-state index contributed by atoms with van der Waals surface area (Å²) in [7, 11) is 1.63. The molecule has 3 aromatic rings. The molecule has 1 aromatic heterocycles. The van der Waals surface area contributed by atoms with Gasteiger partial charge in [-0.25, -0.2) is 4.98 Å². The monoisotopic (exact) mass is 417 g/mol. The van der Waals surface area contributed by atoms with Crippen molar-refractivity contribution in [2.75, 3.05) is 23.9 Å². The third kappa shape index (κ3) is 3.71. The Morgan fingerprint density at radius 1 is 1.17 bits per heavy atom. The summed E-state index contributed by atoms with van der Waals surface area (Å²) in [5.41, 5.74) is 0.460. The zero-order valence-corrected chi connectivity index (χ0v) is 15.5. The number of fused-ring (bicyclic) bond motifs is 1. The maximum atomic E-state index is 12.7. The molecule has 0 bridgehead atoms. The number of amides is 2. The fourth-order valence-corrected chi connectivity index (χ4v) is 2.86. The molecular formula is C20H14F3N3O4. The van der Waals surface area contributed by atoms with Crippen LogP contribution in [0.4, 0.5) is 24.5 Å². The molecule has 0 radical (unpaired) electrons. The molecule has 1 N–H and O–H groups in total. The van der Waals surface area contributed by atoms with E-state index in [-0.39, 0.29) is 24.1 Å². The van der Waals surface area contributed by atoms with E-state index in [4.69, 9.17) is 9.15 Å². The number of halogens is 3. The highest BCUT2D eigenvalue weighted by molar-refractivity contribution is 6.04. The molecule has 7 nitrogen and oxygen atoms in total. The van der Waals surface area contributed by atoms with E-state index in [1.165, 1.54) is 17.0 Å². The number of hydrogen-bond donors (Lipinski definition) is 1. The van der Waals surface area contributed by atoms with Crippen LogP contribution in [0.5, 0.6) is 5.75 Å². The number of alkyl halides is 3. The average molecular weight is 417 g/mol. The molecule has 0 saturated carbocycles. The molecule has 30 heavy (non-hydrogen) atoms. The normalized spacial score (nSPS) is 13.6. The summed E-state index contributed by atoms with van der Waals surface area (Å²) < 4.78 is 48.6. The van der Waals surface area contributed by atoms with E-state index in [0.29, 0.717) is 22.7 Å². The highest BCUT2D eigenvalue weighted by Crippen LogP contribution is 2.34. The first-order valence-electron chi connectivity index (χ1n) is 8.70. The van der Waals surface area contributed by atoms with E-state index in [0.717, 1.165) is 18.4 Å². The van der Waals surface area contributed by atoms with Gasteiger partial charge in [-0.1, -0.05) is 0 Å². The third-order valence-corrected chi connectivity index (χ3v) is 4.50. The Morgan fingerprint density at radius 2 is 1.90 bits per heavy atom. The number of hydrogen-bond acceptors (Lipinski definition) is 5. The number of carbonyl (C=O) groups is 2. The fraction of sp³-hybridized carbons (Fsp3) is 0.150. The van der Waals surface area contributed by atoms with Crippen LogP contribution < -0.4 is 15.0 Å². The Labute approximate surface area is 168 Å². The topological polar surface area (TPSA) is 84.7 Å². The van der Waals surface area contributed by atoms with Gasteiger partial charge in [0.05, 0.1) is 11.3 Å². The minimum absolute atomic E-state index is 0.0165. The molecule has 2 aromatic carbocycles. The summed E-state index contributed by atoms with van der Waals surface area (Å²) in [4.78, 5) is 29.6.